The summed E-state index contributed by atoms with van der Waals surface area (Å²) in [7, 11) is 0. The summed E-state index contributed by atoms with van der Waals surface area (Å²) in [4.78, 5) is 24.7. The van der Waals surface area contributed by atoms with E-state index in [0.29, 0.717) is 10.6 Å². The number of hydrogen-bond acceptors (Lipinski definition) is 3. The molecule has 0 radical (unpaired) electrons. The summed E-state index contributed by atoms with van der Waals surface area (Å²) < 4.78 is 93.3. The number of amides is 2. The van der Waals surface area contributed by atoms with Gasteiger partial charge in [-0.05, 0) is 23.8 Å². The second kappa shape index (κ2) is 10.8. The molecule has 0 heterocycles. The van der Waals surface area contributed by atoms with E-state index < -0.39 is 52.4 Å². The van der Waals surface area contributed by atoms with E-state index in [1.807, 2.05) is 6.07 Å². The number of carbonyl (C=O) groups excluding carboxylic acids is 2. The van der Waals surface area contributed by atoms with Crippen LogP contribution in [0.15, 0.2) is 59.5 Å². The monoisotopic (exact) mass is 516 g/mol. The molecule has 0 saturated carbocycles. The van der Waals surface area contributed by atoms with Crippen molar-refractivity contribution >= 4 is 35.0 Å². The molecule has 4 nitrogen and oxygen atoms in total. The maximum atomic E-state index is 13.9. The minimum Gasteiger partial charge on any atom is -0.326 e. The van der Waals surface area contributed by atoms with Gasteiger partial charge in [0.25, 0.3) is 0 Å². The Labute approximate surface area is 198 Å². The number of thioether (sulfide) groups is 1. The highest BCUT2D eigenvalue weighted by atomic mass is 32.2. The molecule has 0 unspecified atom stereocenters. The lowest BCUT2D eigenvalue weighted by Gasteiger charge is -2.14. The van der Waals surface area contributed by atoms with Crippen molar-refractivity contribution in [3.05, 3.63) is 89.0 Å². The van der Waals surface area contributed by atoms with Crippen molar-refractivity contribution in [1.82, 2.24) is 0 Å². The molecule has 12 heteroatoms. The molecule has 0 saturated heterocycles. The standard InChI is InChI=1S/C23H15F7N2O2S/c24-18-17(23(28,29)30)19(25)21(27)22(20(18)26)32-16(34)11-35-14-8-4-7-13(10-14)31-15(33)9-12-5-2-1-3-6-12/h1-8,10H,9,11H2,(H,31,33)(H,32,34). The van der Waals surface area contributed by atoms with E-state index in [0.717, 1.165) is 17.3 Å². The average molecular weight is 516 g/mol. The van der Waals surface area contributed by atoms with Crippen LogP contribution in [-0.2, 0) is 22.2 Å². The van der Waals surface area contributed by atoms with E-state index >= 15 is 0 Å². The third-order valence-corrected chi connectivity index (χ3v) is 5.50. The third kappa shape index (κ3) is 6.53. The van der Waals surface area contributed by atoms with E-state index in [2.05, 4.69) is 5.32 Å². The number of alkyl halides is 3. The predicted molar refractivity (Wildman–Crippen MR) is 116 cm³/mol. The van der Waals surface area contributed by atoms with Crippen molar-refractivity contribution in [1.29, 1.82) is 0 Å². The van der Waals surface area contributed by atoms with E-state index in [-0.39, 0.29) is 12.3 Å². The highest BCUT2D eigenvalue weighted by Crippen LogP contribution is 2.38. The lowest BCUT2D eigenvalue weighted by Crippen LogP contribution is -2.21. The fourth-order valence-corrected chi connectivity index (χ4v) is 3.72. The van der Waals surface area contributed by atoms with Crippen LogP contribution in [0.1, 0.15) is 11.1 Å². The van der Waals surface area contributed by atoms with Gasteiger partial charge in [-0.2, -0.15) is 13.2 Å². The minimum absolute atomic E-state index is 0.123. The molecule has 184 valence electrons. The van der Waals surface area contributed by atoms with Crippen LogP contribution >= 0.6 is 11.8 Å². The van der Waals surface area contributed by atoms with Crippen molar-refractivity contribution in [2.75, 3.05) is 16.4 Å². The molecule has 0 atom stereocenters. The lowest BCUT2D eigenvalue weighted by molar-refractivity contribution is -0.143. The molecule has 0 aliphatic carbocycles. The van der Waals surface area contributed by atoms with Gasteiger partial charge in [0.15, 0.2) is 23.3 Å². The summed E-state index contributed by atoms with van der Waals surface area (Å²) >= 11 is 0.845. The second-order valence-corrected chi connectivity index (χ2v) is 8.13. The van der Waals surface area contributed by atoms with Gasteiger partial charge in [0.05, 0.1) is 12.2 Å². The SMILES string of the molecule is O=C(Cc1ccccc1)Nc1cccc(SCC(=O)Nc2c(F)c(F)c(C(F)(F)F)c(F)c2F)c1. The van der Waals surface area contributed by atoms with Crippen LogP contribution in [0.25, 0.3) is 0 Å². The maximum Gasteiger partial charge on any atom is 0.422 e. The van der Waals surface area contributed by atoms with Gasteiger partial charge in [0, 0.05) is 10.6 Å². The molecule has 3 aromatic carbocycles. The number of anilines is 2. The molecular weight excluding hydrogens is 501 g/mol. The Kier molecular flexibility index (Phi) is 8.05. The summed E-state index contributed by atoms with van der Waals surface area (Å²) in [5, 5.41) is 4.23. The minimum atomic E-state index is -5.68. The van der Waals surface area contributed by atoms with Crippen LogP contribution in [0, 0.1) is 23.3 Å². The van der Waals surface area contributed by atoms with E-state index in [4.69, 9.17) is 0 Å². The van der Waals surface area contributed by atoms with Crippen molar-refractivity contribution < 1.29 is 40.3 Å². The van der Waals surface area contributed by atoms with Gasteiger partial charge in [-0.25, -0.2) is 17.6 Å². The first-order chi connectivity index (χ1) is 16.5. The molecule has 0 spiro atoms. The van der Waals surface area contributed by atoms with Gasteiger partial charge in [-0.1, -0.05) is 36.4 Å². The van der Waals surface area contributed by atoms with E-state index in [1.165, 1.54) is 6.07 Å². The maximum absolute atomic E-state index is 13.9. The Hall–Kier alpha value is -3.54. The Balaban J connectivity index is 1.64. The van der Waals surface area contributed by atoms with Gasteiger partial charge < -0.3 is 10.6 Å². The number of halogens is 7. The summed E-state index contributed by atoms with van der Waals surface area (Å²) in [5.41, 5.74) is -3.20. The molecule has 0 bridgehead atoms. The average Bonchev–Trinajstić information content (AvgIpc) is 2.79. The van der Waals surface area contributed by atoms with Crippen molar-refractivity contribution in [3.8, 4) is 0 Å². The summed E-state index contributed by atoms with van der Waals surface area (Å²) in [6.07, 6.45) is -5.56. The molecule has 2 amide bonds. The molecular formula is C23H15F7N2O2S. The van der Waals surface area contributed by atoms with Crippen molar-refractivity contribution in [2.45, 2.75) is 17.5 Å². The van der Waals surface area contributed by atoms with Crippen LogP contribution in [0.3, 0.4) is 0 Å². The summed E-state index contributed by atoms with van der Waals surface area (Å²) in [6, 6.07) is 15.2. The highest BCUT2D eigenvalue weighted by Gasteiger charge is 2.42. The Morgan fingerprint density at radius 1 is 0.771 bits per heavy atom. The van der Waals surface area contributed by atoms with Gasteiger partial charge in [0.1, 0.15) is 11.3 Å². The zero-order valence-electron chi connectivity index (χ0n) is 17.5. The number of hydrogen-bond donors (Lipinski definition) is 2. The van der Waals surface area contributed by atoms with Crippen LogP contribution in [0.4, 0.5) is 42.1 Å². The van der Waals surface area contributed by atoms with Crippen LogP contribution in [0.2, 0.25) is 0 Å². The van der Waals surface area contributed by atoms with E-state index in [9.17, 15) is 40.3 Å². The Morgan fingerprint density at radius 2 is 1.40 bits per heavy atom. The van der Waals surface area contributed by atoms with Crippen LogP contribution in [0.5, 0.6) is 0 Å². The zero-order chi connectivity index (χ0) is 25.8. The highest BCUT2D eigenvalue weighted by molar-refractivity contribution is 8.00. The molecule has 2 N–H and O–H groups in total. The topological polar surface area (TPSA) is 58.2 Å². The first-order valence-electron chi connectivity index (χ1n) is 9.77. The first-order valence-corrected chi connectivity index (χ1v) is 10.8. The summed E-state index contributed by atoms with van der Waals surface area (Å²) in [5.74, 6) is -12.0. The summed E-state index contributed by atoms with van der Waals surface area (Å²) in [6.45, 7) is 0. The van der Waals surface area contributed by atoms with Crippen LogP contribution < -0.4 is 10.6 Å². The third-order valence-electron chi connectivity index (χ3n) is 4.51. The van der Waals surface area contributed by atoms with Gasteiger partial charge in [-0.15, -0.1) is 11.8 Å². The predicted octanol–water partition coefficient (Wildman–Crippen LogP) is 6.17. The van der Waals surface area contributed by atoms with Crippen molar-refractivity contribution in [3.63, 3.8) is 0 Å². The molecule has 0 aliphatic rings. The lowest BCUT2D eigenvalue weighted by atomic mass is 10.1. The molecule has 0 aromatic heterocycles. The smallest absolute Gasteiger partial charge is 0.326 e. The fraction of sp³-hybridized carbons (Fsp3) is 0.130. The Bertz CT molecular complexity index is 1220. The fourth-order valence-electron chi connectivity index (χ4n) is 2.96. The zero-order valence-corrected chi connectivity index (χ0v) is 18.3. The van der Waals surface area contributed by atoms with Gasteiger partial charge >= 0.3 is 6.18 Å². The number of benzene rings is 3. The second-order valence-electron chi connectivity index (χ2n) is 7.08. The van der Waals surface area contributed by atoms with E-state index in [1.54, 1.807) is 47.8 Å². The largest absolute Gasteiger partial charge is 0.422 e. The number of nitrogens with one attached hydrogen (secondary N) is 2. The number of rotatable bonds is 7. The van der Waals surface area contributed by atoms with Gasteiger partial charge in [0.2, 0.25) is 11.8 Å². The number of carbonyl (C=O) groups is 2. The molecule has 0 fully saturated rings. The Morgan fingerprint density at radius 3 is 2.00 bits per heavy atom. The van der Waals surface area contributed by atoms with Crippen molar-refractivity contribution in [2.24, 2.45) is 0 Å². The van der Waals surface area contributed by atoms with Gasteiger partial charge in [-0.3, -0.25) is 9.59 Å². The molecule has 35 heavy (non-hydrogen) atoms. The quantitative estimate of drug-likeness (QED) is 0.224. The van der Waals surface area contributed by atoms with Crippen LogP contribution in [-0.4, -0.2) is 17.6 Å². The first kappa shape index (κ1) is 26.1. The molecule has 3 aromatic rings. The molecule has 3 rings (SSSR count). The molecule has 0 aliphatic heterocycles. The normalized spacial score (nSPS) is 11.3.